The van der Waals surface area contributed by atoms with E-state index in [1.165, 1.54) is 16.7 Å². The van der Waals surface area contributed by atoms with Gasteiger partial charge in [-0.25, -0.2) is 0 Å². The monoisotopic (exact) mass is 528 g/mol. The lowest BCUT2D eigenvalue weighted by Gasteiger charge is -2.34. The van der Waals surface area contributed by atoms with Gasteiger partial charge in [0.25, 0.3) is 6.71 Å². The van der Waals surface area contributed by atoms with Gasteiger partial charge in [-0.1, -0.05) is 104 Å². The van der Waals surface area contributed by atoms with Crippen LogP contribution < -0.4 is 25.9 Å². The fourth-order valence-corrected chi connectivity index (χ4v) is 6.18. The molecule has 0 radical (unpaired) electrons. The summed E-state index contributed by atoms with van der Waals surface area (Å²) in [7, 11) is 0. The van der Waals surface area contributed by atoms with E-state index in [-0.39, 0.29) is 6.71 Å². The van der Waals surface area contributed by atoms with Gasteiger partial charge < -0.3 is 9.47 Å². The molecule has 0 aromatic heterocycles. The largest absolute Gasteiger partial charge is 0.458 e. The fourth-order valence-electron chi connectivity index (χ4n) is 6.18. The van der Waals surface area contributed by atoms with Crippen LogP contribution in [0.4, 0.5) is 0 Å². The SMILES string of the molecule is C=C/C(C)=C(\C=C)c1ccc2c(c1)Oc1ccc(-c3ccccc3)c3c1B2c1cc(-c2ccccc2C)ccc1O3. The number of rotatable bonds is 5. The predicted molar refractivity (Wildman–Crippen MR) is 173 cm³/mol. The second kappa shape index (κ2) is 9.87. The molecule has 0 N–H and O–H groups in total. The Bertz CT molecular complexity index is 1900. The van der Waals surface area contributed by atoms with Crippen LogP contribution in [0.1, 0.15) is 18.1 Å². The summed E-state index contributed by atoms with van der Waals surface area (Å²) in [4.78, 5) is 0. The molecule has 0 saturated heterocycles. The Morgan fingerprint density at radius 3 is 2.22 bits per heavy atom. The molecule has 0 aliphatic carbocycles. The molecule has 5 aromatic carbocycles. The molecule has 3 heteroatoms. The van der Waals surface area contributed by atoms with Gasteiger partial charge in [0.15, 0.2) is 0 Å². The first-order chi connectivity index (χ1) is 20.1. The lowest BCUT2D eigenvalue weighted by Crippen LogP contribution is -2.57. The van der Waals surface area contributed by atoms with Crippen molar-refractivity contribution in [1.29, 1.82) is 0 Å². The summed E-state index contributed by atoms with van der Waals surface area (Å²) < 4.78 is 13.4. The molecule has 0 fully saturated rings. The van der Waals surface area contributed by atoms with E-state index < -0.39 is 0 Å². The van der Waals surface area contributed by atoms with Gasteiger partial charge in [0.2, 0.25) is 0 Å². The molecule has 0 bridgehead atoms. The van der Waals surface area contributed by atoms with Crippen molar-refractivity contribution < 1.29 is 9.47 Å². The molecule has 2 heterocycles. The van der Waals surface area contributed by atoms with Crippen molar-refractivity contribution in [1.82, 2.24) is 0 Å². The van der Waals surface area contributed by atoms with E-state index >= 15 is 0 Å². The summed E-state index contributed by atoms with van der Waals surface area (Å²) in [6, 6.07) is 36.2. The summed E-state index contributed by atoms with van der Waals surface area (Å²) in [5.74, 6) is 3.41. The average Bonchev–Trinajstić information content (AvgIpc) is 3.01. The zero-order chi connectivity index (χ0) is 28.1. The zero-order valence-electron chi connectivity index (χ0n) is 23.3. The van der Waals surface area contributed by atoms with Gasteiger partial charge in [-0.3, -0.25) is 0 Å². The Morgan fingerprint density at radius 1 is 0.659 bits per heavy atom. The third kappa shape index (κ3) is 4.05. The van der Waals surface area contributed by atoms with E-state index in [1.54, 1.807) is 0 Å². The number of ether oxygens (including phenoxy) is 2. The van der Waals surface area contributed by atoms with Gasteiger partial charge >= 0.3 is 0 Å². The van der Waals surface area contributed by atoms with Crippen LogP contribution in [-0.2, 0) is 0 Å². The Kier molecular flexibility index (Phi) is 6.01. The maximum absolute atomic E-state index is 6.76. The summed E-state index contributed by atoms with van der Waals surface area (Å²) in [6.07, 6.45) is 3.75. The zero-order valence-corrected chi connectivity index (χ0v) is 23.3. The van der Waals surface area contributed by atoms with Crippen LogP contribution in [0.15, 0.2) is 134 Å². The van der Waals surface area contributed by atoms with Gasteiger partial charge in [-0.05, 0) is 88.0 Å². The van der Waals surface area contributed by atoms with Crippen LogP contribution in [0.3, 0.4) is 0 Å². The van der Waals surface area contributed by atoms with Crippen molar-refractivity contribution in [2.24, 2.45) is 0 Å². The van der Waals surface area contributed by atoms with Crippen LogP contribution >= 0.6 is 0 Å². The molecule has 5 aromatic rings. The highest BCUT2D eigenvalue weighted by Gasteiger charge is 2.41. The van der Waals surface area contributed by atoms with E-state index in [4.69, 9.17) is 9.47 Å². The predicted octanol–water partition coefficient (Wildman–Crippen LogP) is 8.20. The number of hydrogen-bond acceptors (Lipinski definition) is 2. The topological polar surface area (TPSA) is 18.5 Å². The number of fused-ring (bicyclic) bond motifs is 4. The Labute approximate surface area is 242 Å². The molecule has 2 aliphatic rings. The highest BCUT2D eigenvalue weighted by molar-refractivity contribution is 6.98. The van der Waals surface area contributed by atoms with Crippen molar-refractivity contribution in [2.75, 3.05) is 0 Å². The fraction of sp³-hybridized carbons (Fsp3) is 0.0526. The molecule has 0 spiro atoms. The Hall–Kier alpha value is -5.02. The van der Waals surface area contributed by atoms with Crippen molar-refractivity contribution in [3.05, 3.63) is 145 Å². The average molecular weight is 528 g/mol. The minimum atomic E-state index is -0.0363. The lowest BCUT2D eigenvalue weighted by atomic mass is 9.34. The molecule has 0 unspecified atom stereocenters. The summed E-state index contributed by atoms with van der Waals surface area (Å²) in [5.41, 5.74) is 12.3. The highest BCUT2D eigenvalue weighted by atomic mass is 16.5. The Morgan fingerprint density at radius 2 is 1.44 bits per heavy atom. The first kappa shape index (κ1) is 25.0. The molecule has 0 saturated carbocycles. The number of aryl methyl sites for hydroxylation is 1. The van der Waals surface area contributed by atoms with Crippen LogP contribution in [0.25, 0.3) is 27.8 Å². The molecule has 0 amide bonds. The van der Waals surface area contributed by atoms with Gasteiger partial charge in [-0.2, -0.15) is 0 Å². The van der Waals surface area contributed by atoms with Crippen LogP contribution in [0.2, 0.25) is 0 Å². The number of hydrogen-bond donors (Lipinski definition) is 0. The molecule has 196 valence electrons. The first-order valence-corrected chi connectivity index (χ1v) is 14.0. The molecular weight excluding hydrogens is 499 g/mol. The van der Waals surface area contributed by atoms with Crippen LogP contribution in [-0.4, -0.2) is 6.71 Å². The van der Waals surface area contributed by atoms with E-state index in [2.05, 4.69) is 124 Å². The molecule has 2 aliphatic heterocycles. The Balaban J connectivity index is 1.47. The third-order valence-electron chi connectivity index (χ3n) is 8.31. The van der Waals surface area contributed by atoms with Gasteiger partial charge in [0.05, 0.1) is 0 Å². The third-order valence-corrected chi connectivity index (χ3v) is 8.31. The number of benzene rings is 5. The minimum Gasteiger partial charge on any atom is -0.458 e. The van der Waals surface area contributed by atoms with Gasteiger partial charge in [0.1, 0.15) is 23.0 Å². The van der Waals surface area contributed by atoms with Crippen LogP contribution in [0, 0.1) is 6.92 Å². The van der Waals surface area contributed by atoms with E-state index in [0.29, 0.717) is 0 Å². The van der Waals surface area contributed by atoms with E-state index in [0.717, 1.165) is 67.2 Å². The van der Waals surface area contributed by atoms with E-state index in [9.17, 15) is 0 Å². The maximum Gasteiger partial charge on any atom is 0.260 e. The molecule has 0 atom stereocenters. The normalized spacial score (nSPS) is 13.1. The maximum atomic E-state index is 6.76. The first-order valence-electron chi connectivity index (χ1n) is 14.0. The van der Waals surface area contributed by atoms with Gasteiger partial charge in [-0.15, -0.1) is 0 Å². The number of allylic oxidation sites excluding steroid dienone is 4. The second-order valence-corrected chi connectivity index (χ2v) is 10.7. The second-order valence-electron chi connectivity index (χ2n) is 10.7. The summed E-state index contributed by atoms with van der Waals surface area (Å²) >= 11 is 0. The molecule has 7 rings (SSSR count). The highest BCUT2D eigenvalue weighted by Crippen LogP contribution is 2.41. The summed E-state index contributed by atoms with van der Waals surface area (Å²) in [5, 5.41) is 0. The minimum absolute atomic E-state index is 0.0363. The van der Waals surface area contributed by atoms with E-state index in [1.807, 2.05) is 18.2 Å². The molecule has 41 heavy (non-hydrogen) atoms. The van der Waals surface area contributed by atoms with Crippen molar-refractivity contribution in [3.63, 3.8) is 0 Å². The van der Waals surface area contributed by atoms with Crippen LogP contribution in [0.5, 0.6) is 23.0 Å². The molecular formula is C38H29BO2. The quantitative estimate of drug-likeness (QED) is 0.166. The van der Waals surface area contributed by atoms with Crippen molar-refractivity contribution >= 4 is 28.7 Å². The lowest BCUT2D eigenvalue weighted by molar-refractivity contribution is 0.465. The summed E-state index contributed by atoms with van der Waals surface area (Å²) in [6.45, 7) is 12.2. The standard InChI is InChI=1S/C38H29BO2/c1-5-24(3)29(6-2)28-16-19-32-36(23-28)40-35-21-18-31(26-13-8-7-9-14-26)38-37(35)39(32)33-22-27(17-20-34(33)41-38)30-15-11-10-12-25(30)4/h5-23H,1-2H2,3-4H3/b29-24+. The van der Waals surface area contributed by atoms with Gasteiger partial charge in [0, 0.05) is 11.0 Å². The smallest absolute Gasteiger partial charge is 0.260 e. The van der Waals surface area contributed by atoms with Crippen molar-refractivity contribution in [2.45, 2.75) is 13.8 Å². The van der Waals surface area contributed by atoms with Crippen molar-refractivity contribution in [3.8, 4) is 45.3 Å². The molecule has 2 nitrogen and oxygen atoms in total.